The first-order valence-corrected chi connectivity index (χ1v) is 5.77. The van der Waals surface area contributed by atoms with Crippen molar-refractivity contribution in [3.63, 3.8) is 0 Å². The average molecular weight is 277 g/mol. The van der Waals surface area contributed by atoms with Gasteiger partial charge >= 0.3 is 0 Å². The molecule has 0 saturated heterocycles. The van der Waals surface area contributed by atoms with Crippen LogP contribution in [0.5, 0.6) is 0 Å². The number of nitrogen functional groups attached to an aromatic ring is 1. The topological polar surface area (TPSA) is 51.8 Å². The first kappa shape index (κ1) is 11.7. The lowest BCUT2D eigenvalue weighted by Crippen LogP contribution is -1.99. The fourth-order valence-corrected chi connectivity index (χ4v) is 2.14. The fraction of sp³-hybridized carbons (Fsp3) is 0.200. The molecule has 2 rings (SSSR count). The highest BCUT2D eigenvalue weighted by Crippen LogP contribution is 2.32. The van der Waals surface area contributed by atoms with Crippen molar-refractivity contribution in [1.82, 2.24) is 9.97 Å². The second-order valence-corrected chi connectivity index (χ2v) is 4.40. The maximum absolute atomic E-state index is 6.08. The minimum Gasteiger partial charge on any atom is -0.397 e. The van der Waals surface area contributed by atoms with Crippen molar-refractivity contribution in [2.75, 3.05) is 5.73 Å². The molecule has 0 aliphatic heterocycles. The smallest absolute Gasteiger partial charge is 0.167 e. The number of nitrogens with zero attached hydrogens (tertiary/aromatic N) is 2. The predicted octanol–water partition coefficient (Wildman–Crippen LogP) is 3.73. The first-order valence-electron chi connectivity index (χ1n) is 4.64. The van der Waals surface area contributed by atoms with Gasteiger partial charge in [0, 0.05) is 5.02 Å². The Kier molecular flexibility index (Phi) is 3.10. The number of hydrogen-bond donors (Lipinski definition) is 1. The van der Waals surface area contributed by atoms with Crippen LogP contribution >= 0.6 is 34.8 Å². The number of hydrogen-bond acceptors (Lipinski definition) is 3. The van der Waals surface area contributed by atoms with Gasteiger partial charge in [-0.3, -0.25) is 0 Å². The van der Waals surface area contributed by atoms with E-state index in [9.17, 15) is 0 Å². The fourth-order valence-electron chi connectivity index (χ4n) is 1.54. The van der Waals surface area contributed by atoms with E-state index in [1.54, 1.807) is 6.07 Å². The minimum atomic E-state index is 0.144. The summed E-state index contributed by atoms with van der Waals surface area (Å²) < 4.78 is 0. The van der Waals surface area contributed by atoms with Crippen LogP contribution in [0, 0.1) is 0 Å². The van der Waals surface area contributed by atoms with Gasteiger partial charge in [0.05, 0.1) is 11.2 Å². The van der Waals surface area contributed by atoms with Crippen LogP contribution in [0.3, 0.4) is 0 Å². The van der Waals surface area contributed by atoms with Crippen LogP contribution in [-0.2, 0) is 6.42 Å². The minimum absolute atomic E-state index is 0.144. The molecule has 0 unspecified atom stereocenters. The summed E-state index contributed by atoms with van der Waals surface area (Å²) in [5.74, 6) is 0. The molecule has 2 aromatic rings. The van der Waals surface area contributed by atoms with E-state index < -0.39 is 0 Å². The van der Waals surface area contributed by atoms with Crippen LogP contribution < -0.4 is 5.73 Å². The van der Waals surface area contributed by atoms with Gasteiger partial charge in [0.25, 0.3) is 0 Å². The summed E-state index contributed by atoms with van der Waals surface area (Å²) in [7, 11) is 0. The molecule has 16 heavy (non-hydrogen) atoms. The van der Waals surface area contributed by atoms with E-state index in [-0.39, 0.29) is 10.3 Å². The SMILES string of the molecule is CCc1c(Cl)cc2nc(Cl)c(Cl)nc2c1N. The molecule has 1 aromatic carbocycles. The molecule has 6 heteroatoms. The maximum atomic E-state index is 6.08. The monoisotopic (exact) mass is 275 g/mol. The summed E-state index contributed by atoms with van der Waals surface area (Å²) >= 11 is 17.7. The number of halogens is 3. The third-order valence-corrected chi connectivity index (χ3v) is 3.29. The van der Waals surface area contributed by atoms with Gasteiger partial charge < -0.3 is 5.73 Å². The standard InChI is InChI=1S/C10H8Cl3N3/c1-2-4-5(11)3-6-8(7(4)14)16-10(13)9(12)15-6/h3H,2,14H2,1H3. The van der Waals surface area contributed by atoms with E-state index in [4.69, 9.17) is 40.5 Å². The Labute approximate surface area is 108 Å². The van der Waals surface area contributed by atoms with Crippen molar-refractivity contribution in [3.8, 4) is 0 Å². The molecule has 0 aliphatic carbocycles. The van der Waals surface area contributed by atoms with Crippen LogP contribution in [0.4, 0.5) is 5.69 Å². The van der Waals surface area contributed by atoms with Crippen molar-refractivity contribution in [1.29, 1.82) is 0 Å². The maximum Gasteiger partial charge on any atom is 0.167 e. The number of fused-ring (bicyclic) bond motifs is 1. The third-order valence-electron chi connectivity index (χ3n) is 2.33. The molecule has 0 saturated carbocycles. The van der Waals surface area contributed by atoms with Gasteiger partial charge in [-0.2, -0.15) is 0 Å². The van der Waals surface area contributed by atoms with Crippen molar-refractivity contribution in [2.24, 2.45) is 0 Å². The Balaban J connectivity index is 2.88. The summed E-state index contributed by atoms with van der Waals surface area (Å²) in [6.07, 6.45) is 0.725. The number of rotatable bonds is 1. The zero-order valence-electron chi connectivity index (χ0n) is 8.39. The van der Waals surface area contributed by atoms with Gasteiger partial charge in [0.15, 0.2) is 10.3 Å². The number of anilines is 1. The Bertz CT molecular complexity index is 569. The summed E-state index contributed by atoms with van der Waals surface area (Å²) in [4.78, 5) is 8.19. The summed E-state index contributed by atoms with van der Waals surface area (Å²) in [6.45, 7) is 1.97. The second-order valence-electron chi connectivity index (χ2n) is 3.28. The third kappa shape index (κ3) is 1.79. The van der Waals surface area contributed by atoms with E-state index in [2.05, 4.69) is 9.97 Å². The van der Waals surface area contributed by atoms with Gasteiger partial charge in [-0.15, -0.1) is 0 Å². The van der Waals surface area contributed by atoms with E-state index in [0.717, 1.165) is 12.0 Å². The summed E-state index contributed by atoms with van der Waals surface area (Å²) in [5, 5.41) is 0.860. The zero-order valence-corrected chi connectivity index (χ0v) is 10.7. The quantitative estimate of drug-likeness (QED) is 0.807. The van der Waals surface area contributed by atoms with Gasteiger partial charge in [-0.25, -0.2) is 9.97 Å². The van der Waals surface area contributed by atoms with E-state index >= 15 is 0 Å². The van der Waals surface area contributed by atoms with E-state index in [1.165, 1.54) is 0 Å². The van der Waals surface area contributed by atoms with E-state index in [0.29, 0.717) is 21.7 Å². The lowest BCUT2D eigenvalue weighted by atomic mass is 10.1. The van der Waals surface area contributed by atoms with Crippen LogP contribution in [0.15, 0.2) is 6.07 Å². The summed E-state index contributed by atoms with van der Waals surface area (Å²) in [5.41, 5.74) is 8.41. The molecular formula is C10H8Cl3N3. The van der Waals surface area contributed by atoms with Gasteiger partial charge in [-0.1, -0.05) is 41.7 Å². The molecule has 1 heterocycles. The van der Waals surface area contributed by atoms with Crippen molar-refractivity contribution in [2.45, 2.75) is 13.3 Å². The average Bonchev–Trinajstić information content (AvgIpc) is 2.22. The molecule has 0 atom stereocenters. The molecule has 0 fully saturated rings. The number of aromatic nitrogens is 2. The highest BCUT2D eigenvalue weighted by Gasteiger charge is 2.12. The molecule has 3 nitrogen and oxygen atoms in total. The molecule has 0 aliphatic rings. The lowest BCUT2D eigenvalue weighted by molar-refractivity contribution is 1.14. The van der Waals surface area contributed by atoms with Gasteiger partial charge in [0.1, 0.15) is 5.52 Å². The van der Waals surface area contributed by atoms with E-state index in [1.807, 2.05) is 6.92 Å². The van der Waals surface area contributed by atoms with Crippen molar-refractivity contribution >= 4 is 51.5 Å². The molecule has 0 bridgehead atoms. The molecule has 0 amide bonds. The Morgan fingerprint density at radius 3 is 2.44 bits per heavy atom. The van der Waals surface area contributed by atoms with Crippen LogP contribution in [-0.4, -0.2) is 9.97 Å². The largest absolute Gasteiger partial charge is 0.397 e. The zero-order chi connectivity index (χ0) is 11.9. The van der Waals surface area contributed by atoms with Crippen LogP contribution in [0.2, 0.25) is 15.3 Å². The Morgan fingerprint density at radius 2 is 1.81 bits per heavy atom. The normalized spacial score (nSPS) is 11.0. The van der Waals surface area contributed by atoms with Crippen LogP contribution in [0.1, 0.15) is 12.5 Å². The molecule has 0 radical (unpaired) electrons. The van der Waals surface area contributed by atoms with Crippen LogP contribution in [0.25, 0.3) is 11.0 Å². The highest BCUT2D eigenvalue weighted by atomic mass is 35.5. The number of benzene rings is 1. The first-order chi connectivity index (χ1) is 7.54. The molecule has 1 aromatic heterocycles. The Hall–Kier alpha value is -0.770. The van der Waals surface area contributed by atoms with Crippen molar-refractivity contribution < 1.29 is 0 Å². The van der Waals surface area contributed by atoms with Crippen molar-refractivity contribution in [3.05, 3.63) is 27.0 Å². The second kappa shape index (κ2) is 4.24. The predicted molar refractivity (Wildman–Crippen MR) is 68.4 cm³/mol. The van der Waals surface area contributed by atoms with Gasteiger partial charge in [0.2, 0.25) is 0 Å². The molecule has 84 valence electrons. The lowest BCUT2D eigenvalue weighted by Gasteiger charge is -2.09. The molecule has 0 spiro atoms. The number of nitrogens with two attached hydrogens (primary N) is 1. The summed E-state index contributed by atoms with van der Waals surface area (Å²) in [6, 6.07) is 1.70. The molecule has 2 N–H and O–H groups in total. The highest BCUT2D eigenvalue weighted by molar-refractivity contribution is 6.41. The Morgan fingerprint density at radius 1 is 1.19 bits per heavy atom. The molecular weight excluding hydrogens is 268 g/mol. The van der Waals surface area contributed by atoms with Gasteiger partial charge in [-0.05, 0) is 18.1 Å².